The van der Waals surface area contributed by atoms with Gasteiger partial charge in [0.05, 0.1) is 4.70 Å². The van der Waals surface area contributed by atoms with E-state index in [2.05, 4.69) is 58.4 Å². The Morgan fingerprint density at radius 2 is 1.86 bits per heavy atom. The van der Waals surface area contributed by atoms with Crippen LogP contribution in [0.15, 0.2) is 54.6 Å². The Kier molecular flexibility index (Phi) is 7.79. The maximum Gasteiger partial charge on any atom is 0.244 e. The highest BCUT2D eigenvalue weighted by atomic mass is 32.1. The summed E-state index contributed by atoms with van der Waals surface area (Å²) < 4.78 is 6.02. The van der Waals surface area contributed by atoms with Crippen molar-refractivity contribution in [3.05, 3.63) is 65.7 Å². The molecule has 2 aliphatic rings. The molecule has 3 aromatic rings. The summed E-state index contributed by atoms with van der Waals surface area (Å²) in [6.45, 7) is 8.23. The van der Waals surface area contributed by atoms with E-state index in [9.17, 15) is 4.79 Å². The Balaban J connectivity index is 1.11. The predicted octanol–water partition coefficient (Wildman–Crippen LogP) is 5.36. The number of nitrogens with one attached hydrogen (secondary N) is 1. The molecule has 1 aliphatic heterocycles. The van der Waals surface area contributed by atoms with E-state index in [1.807, 2.05) is 18.2 Å². The van der Waals surface area contributed by atoms with E-state index in [1.54, 1.807) is 17.6 Å². The highest BCUT2D eigenvalue weighted by Crippen LogP contribution is 2.32. The first kappa shape index (κ1) is 24.0. The van der Waals surface area contributed by atoms with Crippen LogP contribution in [0.1, 0.15) is 36.8 Å². The molecule has 2 atom stereocenters. The Morgan fingerprint density at radius 1 is 1.06 bits per heavy atom. The molecule has 1 aromatic heterocycles. The third-order valence-electron chi connectivity index (χ3n) is 7.60. The van der Waals surface area contributed by atoms with Crippen LogP contribution < -0.4 is 10.2 Å². The van der Waals surface area contributed by atoms with Crippen molar-refractivity contribution in [1.29, 1.82) is 0 Å². The number of amides is 1. The Labute approximate surface area is 213 Å². The number of aromatic nitrogens is 1. The molecule has 2 fully saturated rings. The minimum absolute atomic E-state index is 0.0138. The van der Waals surface area contributed by atoms with E-state index in [0.717, 1.165) is 50.6 Å². The Hall–Kier alpha value is -2.70. The number of hydrogen-bond donors (Lipinski definition) is 1. The standard InChI is InChI=1S/C29H36N4OS/c1-22-7-6-8-23(19-22)13-14-28(34)30-20-24-9-2-3-10-25(24)21-32-15-17-33(18-16-32)29-26-11-4-5-12-27(26)35-31-29/h4-8,11-14,19,24-25H,2-3,9-10,15-18,20-21H2,1H3,(H,30,34)/b14-13+/t24-,25-/m1/s1. The minimum atomic E-state index is 0.0138. The number of fused-ring (bicyclic) bond motifs is 1. The fraction of sp³-hybridized carbons (Fsp3) is 0.448. The second kappa shape index (κ2) is 11.4. The monoisotopic (exact) mass is 488 g/mol. The molecule has 5 nitrogen and oxygen atoms in total. The van der Waals surface area contributed by atoms with E-state index < -0.39 is 0 Å². The second-order valence-electron chi connectivity index (χ2n) is 10.1. The van der Waals surface area contributed by atoms with E-state index in [-0.39, 0.29) is 5.91 Å². The quantitative estimate of drug-likeness (QED) is 0.455. The summed E-state index contributed by atoms with van der Waals surface area (Å²) in [6.07, 6.45) is 8.67. The van der Waals surface area contributed by atoms with Gasteiger partial charge in [0.1, 0.15) is 5.82 Å². The molecule has 1 aliphatic carbocycles. The molecule has 2 aromatic carbocycles. The highest BCUT2D eigenvalue weighted by molar-refractivity contribution is 7.13. The molecule has 184 valence electrons. The fourth-order valence-corrected chi connectivity index (χ4v) is 6.40. The Morgan fingerprint density at radius 3 is 2.69 bits per heavy atom. The van der Waals surface area contributed by atoms with Crippen molar-refractivity contribution in [2.24, 2.45) is 11.8 Å². The van der Waals surface area contributed by atoms with Crippen molar-refractivity contribution < 1.29 is 4.79 Å². The zero-order chi connectivity index (χ0) is 24.0. The number of hydrogen-bond acceptors (Lipinski definition) is 5. The summed E-state index contributed by atoms with van der Waals surface area (Å²) in [4.78, 5) is 17.5. The van der Waals surface area contributed by atoms with Gasteiger partial charge in [0, 0.05) is 50.7 Å². The normalized spacial score (nSPS) is 21.6. The smallest absolute Gasteiger partial charge is 0.244 e. The SMILES string of the molecule is Cc1cccc(/C=C/C(=O)NC[C@H]2CCCC[C@@H]2CN2CCN(c3nsc4ccccc34)CC2)c1. The van der Waals surface area contributed by atoms with Gasteiger partial charge in [-0.25, -0.2) is 0 Å². The molecule has 35 heavy (non-hydrogen) atoms. The summed E-state index contributed by atoms with van der Waals surface area (Å²) in [6, 6.07) is 16.8. The number of anilines is 1. The van der Waals surface area contributed by atoms with Crippen LogP contribution in [0.5, 0.6) is 0 Å². The molecule has 0 spiro atoms. The fourth-order valence-electron chi connectivity index (χ4n) is 5.60. The van der Waals surface area contributed by atoms with Crippen LogP contribution in [0.2, 0.25) is 0 Å². The molecule has 6 heteroatoms. The highest BCUT2D eigenvalue weighted by Gasteiger charge is 2.29. The molecule has 1 amide bonds. The van der Waals surface area contributed by atoms with E-state index in [1.165, 1.54) is 41.3 Å². The van der Waals surface area contributed by atoms with Gasteiger partial charge in [-0.05, 0) is 66.9 Å². The number of piperazine rings is 1. The van der Waals surface area contributed by atoms with Crippen molar-refractivity contribution in [2.45, 2.75) is 32.6 Å². The molecule has 0 radical (unpaired) electrons. The Bertz CT molecular complexity index is 1160. The van der Waals surface area contributed by atoms with Crippen molar-refractivity contribution >= 4 is 39.4 Å². The second-order valence-corrected chi connectivity index (χ2v) is 10.9. The lowest BCUT2D eigenvalue weighted by molar-refractivity contribution is -0.116. The molecule has 1 saturated carbocycles. The van der Waals surface area contributed by atoms with Crippen molar-refractivity contribution in [1.82, 2.24) is 14.6 Å². The van der Waals surface area contributed by atoms with Gasteiger partial charge in [-0.15, -0.1) is 0 Å². The number of rotatable bonds is 7. The average molecular weight is 489 g/mol. The van der Waals surface area contributed by atoms with Crippen molar-refractivity contribution in [3.8, 4) is 0 Å². The number of aryl methyl sites for hydroxylation is 1. The van der Waals surface area contributed by atoms with Crippen LogP contribution in [-0.2, 0) is 4.79 Å². The van der Waals surface area contributed by atoms with E-state index in [0.29, 0.717) is 11.8 Å². The molecule has 5 rings (SSSR count). The number of carbonyl (C=O) groups excluding carboxylic acids is 1. The third-order valence-corrected chi connectivity index (χ3v) is 8.41. The minimum Gasteiger partial charge on any atom is -0.353 e. The van der Waals surface area contributed by atoms with E-state index >= 15 is 0 Å². The summed E-state index contributed by atoms with van der Waals surface area (Å²) in [5.41, 5.74) is 2.28. The first-order valence-corrected chi connectivity index (χ1v) is 13.8. The summed E-state index contributed by atoms with van der Waals surface area (Å²) in [7, 11) is 0. The van der Waals surface area contributed by atoms with Crippen LogP contribution in [0, 0.1) is 18.8 Å². The van der Waals surface area contributed by atoms with Crippen LogP contribution in [-0.4, -0.2) is 54.4 Å². The summed E-state index contributed by atoms with van der Waals surface area (Å²) in [5.74, 6) is 2.40. The molecule has 1 N–H and O–H groups in total. The van der Waals surface area contributed by atoms with Gasteiger partial charge < -0.3 is 10.2 Å². The zero-order valence-electron chi connectivity index (χ0n) is 20.7. The van der Waals surface area contributed by atoms with Gasteiger partial charge in [0.2, 0.25) is 5.91 Å². The molecule has 2 heterocycles. The molecule has 0 unspecified atom stereocenters. The molecule has 0 bridgehead atoms. The van der Waals surface area contributed by atoms with Gasteiger partial charge in [-0.3, -0.25) is 9.69 Å². The van der Waals surface area contributed by atoms with Crippen LogP contribution in [0.3, 0.4) is 0 Å². The van der Waals surface area contributed by atoms with Crippen LogP contribution in [0.4, 0.5) is 5.82 Å². The average Bonchev–Trinajstić information content (AvgIpc) is 3.32. The lowest BCUT2D eigenvalue weighted by Gasteiger charge is -2.40. The molecule has 1 saturated heterocycles. The first-order valence-electron chi connectivity index (χ1n) is 13.0. The van der Waals surface area contributed by atoms with Crippen LogP contribution in [0.25, 0.3) is 16.2 Å². The number of carbonyl (C=O) groups is 1. The van der Waals surface area contributed by atoms with E-state index in [4.69, 9.17) is 4.37 Å². The maximum atomic E-state index is 12.5. The summed E-state index contributed by atoms with van der Waals surface area (Å²) >= 11 is 1.60. The number of benzene rings is 2. The predicted molar refractivity (Wildman–Crippen MR) is 147 cm³/mol. The third kappa shape index (κ3) is 6.11. The van der Waals surface area contributed by atoms with Gasteiger partial charge in [0.15, 0.2) is 0 Å². The van der Waals surface area contributed by atoms with Gasteiger partial charge in [0.25, 0.3) is 0 Å². The van der Waals surface area contributed by atoms with Gasteiger partial charge in [-0.2, -0.15) is 4.37 Å². The topological polar surface area (TPSA) is 48.5 Å². The van der Waals surface area contributed by atoms with Gasteiger partial charge in [-0.1, -0.05) is 54.8 Å². The summed E-state index contributed by atoms with van der Waals surface area (Å²) in [5, 5.41) is 4.47. The largest absolute Gasteiger partial charge is 0.353 e. The lowest BCUT2D eigenvalue weighted by atomic mass is 9.78. The molecular weight excluding hydrogens is 452 g/mol. The van der Waals surface area contributed by atoms with Crippen molar-refractivity contribution in [2.75, 3.05) is 44.2 Å². The van der Waals surface area contributed by atoms with Crippen molar-refractivity contribution in [3.63, 3.8) is 0 Å². The lowest BCUT2D eigenvalue weighted by Crippen LogP contribution is -2.49. The number of nitrogens with zero attached hydrogens (tertiary/aromatic N) is 3. The van der Waals surface area contributed by atoms with Gasteiger partial charge >= 0.3 is 0 Å². The first-order chi connectivity index (χ1) is 17.2. The maximum absolute atomic E-state index is 12.5. The van der Waals surface area contributed by atoms with Crippen LogP contribution >= 0.6 is 11.5 Å². The molecular formula is C29H36N4OS. The zero-order valence-corrected chi connectivity index (χ0v) is 21.5.